The number of rotatable bonds is 4. The van der Waals surface area contributed by atoms with Gasteiger partial charge in [0.2, 0.25) is 0 Å². The molecule has 0 spiro atoms. The molecule has 0 aliphatic heterocycles. The molecule has 3 aromatic carbocycles. The van der Waals surface area contributed by atoms with Crippen LogP contribution in [0.2, 0.25) is 5.02 Å². The van der Waals surface area contributed by atoms with E-state index in [1.165, 1.54) is 16.7 Å². The number of pyridine rings is 1. The molecule has 1 aromatic heterocycles. The lowest BCUT2D eigenvalue weighted by atomic mass is 9.98. The summed E-state index contributed by atoms with van der Waals surface area (Å²) < 4.78 is 0. The highest BCUT2D eigenvalue weighted by Gasteiger charge is 2.09. The first-order chi connectivity index (χ1) is 12.3. The van der Waals surface area contributed by atoms with Crippen molar-refractivity contribution in [3.8, 4) is 11.1 Å². The number of nitrogens with zero attached hydrogens (tertiary/aromatic N) is 1. The van der Waals surface area contributed by atoms with Crippen molar-refractivity contribution in [2.45, 2.75) is 12.8 Å². The van der Waals surface area contributed by atoms with Crippen LogP contribution in [0.15, 0.2) is 84.9 Å². The molecule has 0 fully saturated rings. The Morgan fingerprint density at radius 2 is 1.44 bits per heavy atom. The topological polar surface area (TPSA) is 12.9 Å². The van der Waals surface area contributed by atoms with Gasteiger partial charge in [0.15, 0.2) is 0 Å². The van der Waals surface area contributed by atoms with E-state index in [9.17, 15) is 0 Å². The number of halogens is 1. The van der Waals surface area contributed by atoms with Gasteiger partial charge in [0.25, 0.3) is 0 Å². The van der Waals surface area contributed by atoms with Crippen LogP contribution in [0.5, 0.6) is 0 Å². The lowest BCUT2D eigenvalue weighted by molar-refractivity contribution is 0.923. The van der Waals surface area contributed by atoms with Crippen molar-refractivity contribution < 1.29 is 0 Å². The molecule has 0 amide bonds. The largest absolute Gasteiger partial charge is 0.253 e. The molecule has 1 heterocycles. The third kappa shape index (κ3) is 3.57. The maximum Gasteiger partial charge on any atom is 0.0712 e. The lowest BCUT2D eigenvalue weighted by Gasteiger charge is -2.11. The summed E-state index contributed by atoms with van der Waals surface area (Å²) in [6.45, 7) is 0. The van der Waals surface area contributed by atoms with Crippen molar-refractivity contribution in [2.24, 2.45) is 0 Å². The van der Waals surface area contributed by atoms with E-state index >= 15 is 0 Å². The van der Waals surface area contributed by atoms with Crippen molar-refractivity contribution >= 4 is 22.5 Å². The van der Waals surface area contributed by atoms with E-state index in [4.69, 9.17) is 16.6 Å². The maximum absolute atomic E-state index is 6.23. The fraction of sp³-hybridized carbons (Fsp3) is 0.0870. The molecule has 2 heteroatoms. The molecule has 0 unspecified atom stereocenters. The zero-order valence-corrected chi connectivity index (χ0v) is 14.6. The van der Waals surface area contributed by atoms with Gasteiger partial charge in [-0.2, -0.15) is 0 Å². The van der Waals surface area contributed by atoms with Crippen LogP contribution in [0.1, 0.15) is 11.3 Å². The molecule has 4 rings (SSSR count). The second kappa shape index (κ2) is 7.08. The van der Waals surface area contributed by atoms with E-state index in [1.54, 1.807) is 0 Å². The summed E-state index contributed by atoms with van der Waals surface area (Å²) in [6, 6.07) is 29.1. The molecule has 1 nitrogen and oxygen atoms in total. The fourth-order valence-electron chi connectivity index (χ4n) is 3.15. The van der Waals surface area contributed by atoms with Crippen molar-refractivity contribution in [3.63, 3.8) is 0 Å². The first kappa shape index (κ1) is 15.9. The molecule has 0 aliphatic carbocycles. The number of aromatic nitrogens is 1. The number of hydrogen-bond acceptors (Lipinski definition) is 1. The Kier molecular flexibility index (Phi) is 4.49. The lowest BCUT2D eigenvalue weighted by Crippen LogP contribution is -1.97. The van der Waals surface area contributed by atoms with E-state index in [2.05, 4.69) is 60.7 Å². The quantitative estimate of drug-likeness (QED) is 0.421. The predicted octanol–water partition coefficient (Wildman–Crippen LogP) is 6.34. The van der Waals surface area contributed by atoms with Crippen molar-refractivity contribution in [2.75, 3.05) is 0 Å². The van der Waals surface area contributed by atoms with Gasteiger partial charge in [-0.3, -0.25) is 4.98 Å². The summed E-state index contributed by atoms with van der Waals surface area (Å²) >= 11 is 6.23. The Bertz CT molecular complexity index is 994. The van der Waals surface area contributed by atoms with Crippen LogP contribution in [-0.4, -0.2) is 4.98 Å². The Morgan fingerprint density at radius 3 is 2.20 bits per heavy atom. The summed E-state index contributed by atoms with van der Waals surface area (Å²) in [5.74, 6) is 0. The van der Waals surface area contributed by atoms with Crippen LogP contribution >= 0.6 is 11.6 Å². The normalized spacial score (nSPS) is 10.9. The minimum Gasteiger partial charge on any atom is -0.253 e. The average Bonchev–Trinajstić information content (AvgIpc) is 2.67. The van der Waals surface area contributed by atoms with Crippen LogP contribution in [0, 0.1) is 0 Å². The molecule has 0 N–H and O–H groups in total. The van der Waals surface area contributed by atoms with Gasteiger partial charge in [0.05, 0.1) is 5.52 Å². The molecular weight excluding hydrogens is 326 g/mol. The average molecular weight is 344 g/mol. The third-order valence-corrected chi connectivity index (χ3v) is 4.66. The summed E-state index contributed by atoms with van der Waals surface area (Å²) in [5, 5.41) is 1.84. The molecule has 0 radical (unpaired) electrons. The standard InChI is InChI=1S/C23H18ClN/c24-19-12-14-23-22(15-19)21(18-9-5-2-6-10-18)16-20(25-23)13-11-17-7-3-1-4-8-17/h1-10,12,14-16H,11,13H2. The number of aryl methyl sites for hydroxylation is 2. The summed E-state index contributed by atoms with van der Waals surface area (Å²) in [6.07, 6.45) is 1.91. The van der Waals surface area contributed by atoms with E-state index in [0.717, 1.165) is 34.5 Å². The summed E-state index contributed by atoms with van der Waals surface area (Å²) in [7, 11) is 0. The van der Waals surface area contributed by atoms with Gasteiger partial charge in [-0.15, -0.1) is 0 Å². The second-order valence-corrected chi connectivity index (χ2v) is 6.61. The van der Waals surface area contributed by atoms with Crippen molar-refractivity contribution in [1.29, 1.82) is 0 Å². The molecule has 0 saturated heterocycles. The monoisotopic (exact) mass is 343 g/mol. The highest BCUT2D eigenvalue weighted by molar-refractivity contribution is 6.31. The molecule has 0 bridgehead atoms. The molecule has 122 valence electrons. The Labute approximate surface area is 152 Å². The number of hydrogen-bond donors (Lipinski definition) is 0. The molecule has 25 heavy (non-hydrogen) atoms. The smallest absolute Gasteiger partial charge is 0.0712 e. The van der Waals surface area contributed by atoms with Gasteiger partial charge < -0.3 is 0 Å². The van der Waals surface area contributed by atoms with Crippen LogP contribution in [0.25, 0.3) is 22.0 Å². The van der Waals surface area contributed by atoms with Crippen LogP contribution in [0.4, 0.5) is 0 Å². The van der Waals surface area contributed by atoms with Crippen LogP contribution < -0.4 is 0 Å². The fourth-order valence-corrected chi connectivity index (χ4v) is 3.33. The maximum atomic E-state index is 6.23. The first-order valence-electron chi connectivity index (χ1n) is 8.48. The Hall–Kier alpha value is -2.64. The predicted molar refractivity (Wildman–Crippen MR) is 106 cm³/mol. The minimum atomic E-state index is 0.739. The number of benzene rings is 3. The highest BCUT2D eigenvalue weighted by Crippen LogP contribution is 2.30. The molecular formula is C23H18ClN. The van der Waals surface area contributed by atoms with Crippen LogP contribution in [0.3, 0.4) is 0 Å². The summed E-state index contributed by atoms with van der Waals surface area (Å²) in [4.78, 5) is 4.86. The minimum absolute atomic E-state index is 0.739. The first-order valence-corrected chi connectivity index (χ1v) is 8.86. The van der Waals surface area contributed by atoms with Gasteiger partial charge in [0.1, 0.15) is 0 Å². The van der Waals surface area contributed by atoms with E-state index in [1.807, 2.05) is 24.3 Å². The summed E-state index contributed by atoms with van der Waals surface area (Å²) in [5.41, 5.74) is 5.82. The van der Waals surface area contributed by atoms with Gasteiger partial charge in [0, 0.05) is 16.1 Å². The zero-order valence-electron chi connectivity index (χ0n) is 13.8. The van der Waals surface area contributed by atoms with Gasteiger partial charge in [-0.25, -0.2) is 0 Å². The molecule has 0 saturated carbocycles. The van der Waals surface area contributed by atoms with Gasteiger partial charge >= 0.3 is 0 Å². The SMILES string of the molecule is Clc1ccc2nc(CCc3ccccc3)cc(-c3ccccc3)c2c1. The Morgan fingerprint density at radius 1 is 0.720 bits per heavy atom. The third-order valence-electron chi connectivity index (χ3n) is 4.42. The van der Waals surface area contributed by atoms with E-state index in [0.29, 0.717) is 0 Å². The zero-order chi connectivity index (χ0) is 17.1. The van der Waals surface area contributed by atoms with Gasteiger partial charge in [-0.1, -0.05) is 72.3 Å². The van der Waals surface area contributed by atoms with Crippen molar-refractivity contribution in [1.82, 2.24) is 4.98 Å². The van der Waals surface area contributed by atoms with Crippen LogP contribution in [-0.2, 0) is 12.8 Å². The highest BCUT2D eigenvalue weighted by atomic mass is 35.5. The number of fused-ring (bicyclic) bond motifs is 1. The van der Waals surface area contributed by atoms with E-state index in [-0.39, 0.29) is 0 Å². The van der Waals surface area contributed by atoms with E-state index < -0.39 is 0 Å². The molecule has 4 aromatic rings. The second-order valence-electron chi connectivity index (χ2n) is 6.17. The molecule has 0 aliphatic rings. The Balaban J connectivity index is 1.77. The van der Waals surface area contributed by atoms with Gasteiger partial charge in [-0.05, 0) is 53.8 Å². The molecule has 0 atom stereocenters. The van der Waals surface area contributed by atoms with Crippen molar-refractivity contribution in [3.05, 3.63) is 101 Å².